The number of carbonyl (C=O) groups is 2. The summed E-state index contributed by atoms with van der Waals surface area (Å²) in [5.41, 5.74) is 6.60. The van der Waals surface area contributed by atoms with Crippen molar-refractivity contribution in [1.82, 2.24) is 10.2 Å². The average Bonchev–Trinajstić information content (AvgIpc) is 2.87. The molecule has 0 spiro atoms. The van der Waals surface area contributed by atoms with Crippen LogP contribution >= 0.6 is 0 Å². The predicted octanol–water partition coefficient (Wildman–Crippen LogP) is 5.96. The number of aryl methyl sites for hydroxylation is 3. The summed E-state index contributed by atoms with van der Waals surface area (Å²) in [5.74, 6) is -0.0173. The monoisotopic (exact) mass is 469 g/mol. The zero-order valence-corrected chi connectivity index (χ0v) is 20.7. The molecule has 1 atom stereocenters. The number of para-hydroxylation sites is 1. The molecule has 3 aromatic rings. The third-order valence-corrected chi connectivity index (χ3v) is 6.83. The highest BCUT2D eigenvalue weighted by atomic mass is 16.2. The third kappa shape index (κ3) is 6.50. The highest BCUT2D eigenvalue weighted by Gasteiger charge is 2.22. The number of benzene rings is 3. The van der Waals surface area contributed by atoms with Gasteiger partial charge in [0.2, 0.25) is 5.91 Å². The van der Waals surface area contributed by atoms with Crippen LogP contribution in [0.4, 0.5) is 10.5 Å². The number of nitrogens with one attached hydrogen (secondary N) is 2. The fraction of sp³-hybridized carbons (Fsp3) is 0.333. The lowest BCUT2D eigenvalue weighted by Gasteiger charge is -2.27. The normalized spacial score (nSPS) is 14.6. The molecular weight excluding hydrogens is 434 g/mol. The van der Waals surface area contributed by atoms with E-state index in [1.54, 1.807) is 4.90 Å². The zero-order chi connectivity index (χ0) is 24.6. The molecule has 0 aromatic heterocycles. The van der Waals surface area contributed by atoms with E-state index in [9.17, 15) is 9.59 Å². The second kappa shape index (κ2) is 11.7. The highest BCUT2D eigenvalue weighted by Crippen LogP contribution is 2.29. The van der Waals surface area contributed by atoms with Crippen molar-refractivity contribution in [3.63, 3.8) is 0 Å². The fourth-order valence-corrected chi connectivity index (χ4v) is 4.83. The van der Waals surface area contributed by atoms with Gasteiger partial charge in [-0.15, -0.1) is 0 Å². The van der Waals surface area contributed by atoms with Gasteiger partial charge < -0.3 is 15.5 Å². The first-order chi connectivity index (χ1) is 17.0. The third-order valence-electron chi connectivity index (χ3n) is 6.83. The van der Waals surface area contributed by atoms with Gasteiger partial charge in [0.05, 0.1) is 6.04 Å². The molecule has 0 saturated heterocycles. The minimum atomic E-state index is -0.172. The molecule has 5 nitrogen and oxygen atoms in total. The fourth-order valence-electron chi connectivity index (χ4n) is 4.83. The summed E-state index contributed by atoms with van der Waals surface area (Å²) >= 11 is 0. The van der Waals surface area contributed by atoms with Crippen LogP contribution in [-0.2, 0) is 17.6 Å². The van der Waals surface area contributed by atoms with Crippen LogP contribution in [0.25, 0.3) is 0 Å². The molecular formula is C30H35N3O2. The van der Waals surface area contributed by atoms with Gasteiger partial charge in [0.1, 0.15) is 0 Å². The van der Waals surface area contributed by atoms with Crippen LogP contribution in [0, 0.1) is 13.8 Å². The predicted molar refractivity (Wildman–Crippen MR) is 142 cm³/mol. The van der Waals surface area contributed by atoms with Gasteiger partial charge in [0.15, 0.2) is 0 Å². The maximum absolute atomic E-state index is 13.3. The van der Waals surface area contributed by atoms with E-state index in [1.165, 1.54) is 16.7 Å². The number of amides is 3. The summed E-state index contributed by atoms with van der Waals surface area (Å²) < 4.78 is 0. The first-order valence-corrected chi connectivity index (χ1v) is 12.5. The van der Waals surface area contributed by atoms with Crippen LogP contribution in [0.3, 0.4) is 0 Å². The number of rotatable bonds is 8. The van der Waals surface area contributed by atoms with Crippen molar-refractivity contribution >= 4 is 17.6 Å². The average molecular weight is 470 g/mol. The van der Waals surface area contributed by atoms with Gasteiger partial charge >= 0.3 is 6.03 Å². The van der Waals surface area contributed by atoms with E-state index in [-0.39, 0.29) is 24.4 Å². The molecule has 0 aliphatic heterocycles. The van der Waals surface area contributed by atoms with Crippen molar-refractivity contribution in [2.45, 2.75) is 52.0 Å². The second-order valence-electron chi connectivity index (χ2n) is 9.38. The number of hydrogen-bond acceptors (Lipinski definition) is 2. The number of urea groups is 1. The molecule has 4 rings (SSSR count). The van der Waals surface area contributed by atoms with Gasteiger partial charge in [-0.3, -0.25) is 4.79 Å². The maximum atomic E-state index is 13.3. The van der Waals surface area contributed by atoms with Crippen molar-refractivity contribution in [2.75, 3.05) is 18.4 Å². The van der Waals surface area contributed by atoms with Gasteiger partial charge in [0.25, 0.3) is 0 Å². The molecule has 35 heavy (non-hydrogen) atoms. The lowest BCUT2D eigenvalue weighted by atomic mass is 9.87. The Labute approximate surface area is 208 Å². The van der Waals surface area contributed by atoms with Crippen LogP contribution in [0.2, 0.25) is 0 Å². The number of carbonyl (C=O) groups excluding carboxylic acids is 2. The Morgan fingerprint density at radius 2 is 1.60 bits per heavy atom. The summed E-state index contributed by atoms with van der Waals surface area (Å²) in [6, 6.07) is 24.3. The summed E-state index contributed by atoms with van der Waals surface area (Å²) in [7, 11) is 0. The standard InChI is InChI=1S/C30H35N3O2/c1-22-10-8-11-23(2)29(22)32-30(35)33(20-18-24-12-4-3-5-13-24)21-19-28(34)31-27-17-9-15-25-14-6-7-16-26(25)27/h3-8,10-14,16,27H,9,15,17-21H2,1-2H3,(H,31,34)(H,32,35). The van der Waals surface area contributed by atoms with Crippen molar-refractivity contribution in [1.29, 1.82) is 0 Å². The van der Waals surface area contributed by atoms with Gasteiger partial charge in [-0.05, 0) is 67.3 Å². The summed E-state index contributed by atoms with van der Waals surface area (Å²) in [5, 5.41) is 6.30. The minimum absolute atomic E-state index is 0.0173. The molecule has 1 aliphatic rings. The summed E-state index contributed by atoms with van der Waals surface area (Å²) in [4.78, 5) is 28.0. The smallest absolute Gasteiger partial charge is 0.321 e. The molecule has 1 unspecified atom stereocenters. The number of anilines is 1. The van der Waals surface area contributed by atoms with Crippen molar-refractivity contribution in [3.05, 3.63) is 101 Å². The first kappa shape index (κ1) is 24.5. The zero-order valence-electron chi connectivity index (χ0n) is 20.7. The Morgan fingerprint density at radius 1 is 0.886 bits per heavy atom. The Balaban J connectivity index is 1.41. The Kier molecular flexibility index (Phi) is 8.19. The van der Waals surface area contributed by atoms with E-state index < -0.39 is 0 Å². The topological polar surface area (TPSA) is 61.4 Å². The van der Waals surface area contributed by atoms with Crippen LogP contribution in [0.1, 0.15) is 53.1 Å². The van der Waals surface area contributed by atoms with Crippen molar-refractivity contribution in [2.24, 2.45) is 0 Å². The van der Waals surface area contributed by atoms with Gasteiger partial charge in [-0.25, -0.2) is 4.79 Å². The van der Waals surface area contributed by atoms with Crippen LogP contribution in [-0.4, -0.2) is 29.9 Å². The maximum Gasteiger partial charge on any atom is 0.321 e. The summed E-state index contributed by atoms with van der Waals surface area (Å²) in [6.07, 6.45) is 4.09. The van der Waals surface area contributed by atoms with Crippen LogP contribution < -0.4 is 10.6 Å². The number of nitrogens with zero attached hydrogens (tertiary/aromatic N) is 1. The van der Waals surface area contributed by atoms with Crippen molar-refractivity contribution < 1.29 is 9.59 Å². The highest BCUT2D eigenvalue weighted by molar-refractivity contribution is 5.91. The van der Waals surface area contributed by atoms with E-state index >= 15 is 0 Å². The molecule has 182 valence electrons. The van der Waals surface area contributed by atoms with Crippen molar-refractivity contribution in [3.8, 4) is 0 Å². The lowest BCUT2D eigenvalue weighted by molar-refractivity contribution is -0.122. The van der Waals surface area contributed by atoms with Gasteiger partial charge in [-0.1, -0.05) is 72.8 Å². The largest absolute Gasteiger partial charge is 0.349 e. The second-order valence-corrected chi connectivity index (χ2v) is 9.38. The Hall–Kier alpha value is -3.60. The molecule has 1 aliphatic carbocycles. The molecule has 0 heterocycles. The number of hydrogen-bond donors (Lipinski definition) is 2. The molecule has 0 saturated carbocycles. The molecule has 0 fully saturated rings. The summed E-state index contributed by atoms with van der Waals surface area (Å²) in [6.45, 7) is 4.89. The van der Waals surface area contributed by atoms with Crippen LogP contribution in [0.15, 0.2) is 72.8 Å². The van der Waals surface area contributed by atoms with Crippen LogP contribution in [0.5, 0.6) is 0 Å². The van der Waals surface area contributed by atoms with Gasteiger partial charge in [0, 0.05) is 25.2 Å². The Bertz CT molecular complexity index is 1140. The molecule has 3 amide bonds. The first-order valence-electron chi connectivity index (χ1n) is 12.5. The number of fused-ring (bicyclic) bond motifs is 1. The van der Waals surface area contributed by atoms with E-state index in [4.69, 9.17) is 0 Å². The van der Waals surface area contributed by atoms with E-state index in [0.29, 0.717) is 13.1 Å². The molecule has 5 heteroatoms. The molecule has 0 radical (unpaired) electrons. The molecule has 2 N–H and O–H groups in total. The SMILES string of the molecule is Cc1cccc(C)c1NC(=O)N(CCC(=O)NC1CCCc2ccccc21)CCc1ccccc1. The molecule has 0 bridgehead atoms. The minimum Gasteiger partial charge on any atom is -0.349 e. The quantitative estimate of drug-likeness (QED) is 0.427. The van der Waals surface area contributed by atoms with E-state index in [0.717, 1.165) is 42.5 Å². The van der Waals surface area contributed by atoms with E-state index in [2.05, 4.69) is 41.0 Å². The molecule has 3 aromatic carbocycles. The van der Waals surface area contributed by atoms with Gasteiger partial charge in [-0.2, -0.15) is 0 Å². The Morgan fingerprint density at radius 3 is 2.37 bits per heavy atom. The van der Waals surface area contributed by atoms with E-state index in [1.807, 2.05) is 56.3 Å². The lowest BCUT2D eigenvalue weighted by Crippen LogP contribution is -2.40.